The van der Waals surface area contributed by atoms with Crippen molar-refractivity contribution in [2.75, 3.05) is 13.7 Å². The molecule has 1 N–H and O–H groups in total. The van der Waals surface area contributed by atoms with E-state index in [1.807, 2.05) is 42.0 Å². The van der Waals surface area contributed by atoms with Crippen LogP contribution in [0.5, 0.6) is 5.75 Å². The van der Waals surface area contributed by atoms with Crippen LogP contribution in [0.3, 0.4) is 0 Å². The Bertz CT molecular complexity index is 1610. The van der Waals surface area contributed by atoms with Gasteiger partial charge in [0.05, 0.1) is 30.6 Å². The molecule has 0 radical (unpaired) electrons. The Hall–Kier alpha value is -5.18. The number of hydrogen-bond donors (Lipinski definition) is 1. The van der Waals surface area contributed by atoms with Crippen LogP contribution in [0, 0.1) is 6.92 Å². The summed E-state index contributed by atoms with van der Waals surface area (Å²) >= 11 is 0. The molecule has 42 heavy (non-hydrogen) atoms. The van der Waals surface area contributed by atoms with Gasteiger partial charge in [0.1, 0.15) is 18.1 Å². The molecule has 0 saturated carbocycles. The molecule has 1 amide bonds. The summed E-state index contributed by atoms with van der Waals surface area (Å²) in [5.74, 6) is -1.64. The highest BCUT2D eigenvalue weighted by Crippen LogP contribution is 2.39. The number of aryl methyl sites for hydroxylation is 2. The fourth-order valence-corrected chi connectivity index (χ4v) is 5.05. The van der Waals surface area contributed by atoms with Gasteiger partial charge in [-0.3, -0.25) is 9.59 Å². The minimum absolute atomic E-state index is 0.0121. The number of rotatable bonds is 10. The van der Waals surface area contributed by atoms with Gasteiger partial charge in [0.2, 0.25) is 0 Å². The van der Waals surface area contributed by atoms with Crippen molar-refractivity contribution in [3.8, 4) is 5.75 Å². The number of aliphatic hydroxyl groups is 1. The molecule has 3 aromatic carbocycles. The first kappa shape index (κ1) is 28.4. The molecule has 0 bridgehead atoms. The number of carbonyl (C=O) groups is 3. The van der Waals surface area contributed by atoms with Gasteiger partial charge in [-0.2, -0.15) is 0 Å². The summed E-state index contributed by atoms with van der Waals surface area (Å²) in [5.41, 5.74) is 3.47. The number of benzene rings is 3. The molecule has 1 aromatic heterocycles. The maximum absolute atomic E-state index is 13.4. The average Bonchev–Trinajstić information content (AvgIpc) is 3.62. The normalized spacial score (nSPS) is 16.0. The van der Waals surface area contributed by atoms with Gasteiger partial charge < -0.3 is 24.0 Å². The molecule has 1 aliphatic rings. The molecule has 0 spiro atoms. The van der Waals surface area contributed by atoms with E-state index in [4.69, 9.17) is 9.47 Å². The van der Waals surface area contributed by atoms with Crippen LogP contribution in [0.2, 0.25) is 0 Å². The van der Waals surface area contributed by atoms with E-state index < -0.39 is 23.7 Å². The Morgan fingerprint density at radius 3 is 2.38 bits per heavy atom. The van der Waals surface area contributed by atoms with Crippen molar-refractivity contribution in [1.29, 1.82) is 0 Å². The predicted molar refractivity (Wildman–Crippen MR) is 156 cm³/mol. The maximum Gasteiger partial charge on any atom is 0.337 e. The third-order valence-corrected chi connectivity index (χ3v) is 7.18. The minimum Gasteiger partial charge on any atom is -0.507 e. The van der Waals surface area contributed by atoms with Crippen LogP contribution in [0.4, 0.5) is 0 Å². The third-order valence-electron chi connectivity index (χ3n) is 7.18. The molecule has 5 rings (SSSR count). The maximum atomic E-state index is 13.4. The largest absolute Gasteiger partial charge is 0.507 e. The van der Waals surface area contributed by atoms with Crippen molar-refractivity contribution in [1.82, 2.24) is 14.5 Å². The first-order valence-corrected chi connectivity index (χ1v) is 13.6. The van der Waals surface area contributed by atoms with Crippen molar-refractivity contribution in [2.45, 2.75) is 32.5 Å². The second-order valence-corrected chi connectivity index (χ2v) is 10.1. The van der Waals surface area contributed by atoms with Gasteiger partial charge >= 0.3 is 5.97 Å². The molecule has 9 nitrogen and oxygen atoms in total. The summed E-state index contributed by atoms with van der Waals surface area (Å²) in [6.07, 6.45) is 5.75. The number of ether oxygens (including phenoxy) is 2. The lowest BCUT2D eigenvalue weighted by Gasteiger charge is -2.25. The van der Waals surface area contributed by atoms with Crippen LogP contribution >= 0.6 is 0 Å². The first-order valence-electron chi connectivity index (χ1n) is 13.6. The van der Waals surface area contributed by atoms with Gasteiger partial charge in [-0.15, -0.1) is 0 Å². The summed E-state index contributed by atoms with van der Waals surface area (Å²) in [5, 5.41) is 11.4. The van der Waals surface area contributed by atoms with Crippen molar-refractivity contribution >= 4 is 23.4 Å². The Balaban J connectivity index is 1.43. The molecule has 1 fully saturated rings. The number of aliphatic hydroxyl groups excluding tert-OH is 1. The molecular formula is C33H31N3O6. The fraction of sp³-hybridized carbons (Fsp3) is 0.212. The van der Waals surface area contributed by atoms with Crippen LogP contribution in [0.25, 0.3) is 5.76 Å². The summed E-state index contributed by atoms with van der Waals surface area (Å²) in [7, 11) is 1.30. The van der Waals surface area contributed by atoms with E-state index in [-0.39, 0.29) is 17.9 Å². The topological polar surface area (TPSA) is 111 Å². The molecule has 1 atom stereocenters. The lowest BCUT2D eigenvalue weighted by Crippen LogP contribution is -2.31. The van der Waals surface area contributed by atoms with E-state index in [0.717, 1.165) is 11.1 Å². The zero-order chi connectivity index (χ0) is 29.6. The predicted octanol–water partition coefficient (Wildman–Crippen LogP) is 5.07. The van der Waals surface area contributed by atoms with E-state index in [1.165, 1.54) is 12.0 Å². The Labute approximate surface area is 243 Å². The zero-order valence-corrected chi connectivity index (χ0v) is 23.4. The number of Topliss-reactive ketones (excluding diaryl/α,β-unsaturated/α-hetero) is 1. The van der Waals surface area contributed by atoms with Gasteiger partial charge in [-0.05, 0) is 60.9 Å². The van der Waals surface area contributed by atoms with Crippen LogP contribution < -0.4 is 4.74 Å². The van der Waals surface area contributed by atoms with Crippen LogP contribution in [0.1, 0.15) is 45.1 Å². The highest BCUT2D eigenvalue weighted by molar-refractivity contribution is 6.46. The third kappa shape index (κ3) is 6.10. The van der Waals surface area contributed by atoms with Crippen LogP contribution in [-0.2, 0) is 27.5 Å². The van der Waals surface area contributed by atoms with E-state index in [9.17, 15) is 19.5 Å². The number of carbonyl (C=O) groups excluding carboxylic acids is 3. The van der Waals surface area contributed by atoms with E-state index in [2.05, 4.69) is 4.98 Å². The average molecular weight is 566 g/mol. The number of esters is 1. The molecule has 2 heterocycles. The number of likely N-dealkylation sites (tertiary alicyclic amines) is 1. The molecular weight excluding hydrogens is 534 g/mol. The van der Waals surface area contributed by atoms with Gasteiger partial charge in [0, 0.05) is 31.0 Å². The highest BCUT2D eigenvalue weighted by Gasteiger charge is 2.45. The van der Waals surface area contributed by atoms with Crippen molar-refractivity contribution in [3.63, 3.8) is 0 Å². The number of aromatic nitrogens is 2. The number of ketones is 1. The molecule has 4 aromatic rings. The fourth-order valence-electron chi connectivity index (χ4n) is 5.05. The van der Waals surface area contributed by atoms with E-state index in [1.54, 1.807) is 61.1 Å². The van der Waals surface area contributed by atoms with Crippen molar-refractivity contribution < 1.29 is 29.0 Å². The number of imidazole rings is 1. The Morgan fingerprint density at radius 2 is 1.71 bits per heavy atom. The quantitative estimate of drug-likeness (QED) is 0.124. The SMILES string of the molecule is COC(=O)c1ccc(C2C(=C(O)c3ccc(OCc4cccc(C)c4)cc3)C(=O)C(=O)N2CCCn2ccnc2)cc1. The van der Waals surface area contributed by atoms with Crippen molar-refractivity contribution in [2.24, 2.45) is 0 Å². The molecule has 1 aliphatic heterocycles. The minimum atomic E-state index is -0.836. The zero-order valence-electron chi connectivity index (χ0n) is 23.4. The van der Waals surface area contributed by atoms with E-state index >= 15 is 0 Å². The van der Waals surface area contributed by atoms with Crippen molar-refractivity contribution in [3.05, 3.63) is 125 Å². The number of methoxy groups -OCH3 is 1. The van der Waals surface area contributed by atoms with Gasteiger partial charge in [0.25, 0.3) is 11.7 Å². The van der Waals surface area contributed by atoms with E-state index in [0.29, 0.717) is 42.0 Å². The summed E-state index contributed by atoms with van der Waals surface area (Å²) in [6, 6.07) is 20.4. The van der Waals surface area contributed by atoms with Crippen LogP contribution in [0.15, 0.2) is 97.1 Å². The molecule has 9 heteroatoms. The van der Waals surface area contributed by atoms with Gasteiger partial charge in [-0.1, -0.05) is 42.0 Å². The molecule has 1 saturated heterocycles. The first-order chi connectivity index (χ1) is 20.4. The molecule has 1 unspecified atom stereocenters. The van der Waals surface area contributed by atoms with Gasteiger partial charge in [0.15, 0.2) is 0 Å². The lowest BCUT2D eigenvalue weighted by atomic mass is 9.94. The number of hydrogen-bond acceptors (Lipinski definition) is 7. The summed E-state index contributed by atoms with van der Waals surface area (Å²) < 4.78 is 12.6. The van der Waals surface area contributed by atoms with Gasteiger partial charge in [-0.25, -0.2) is 9.78 Å². The molecule has 214 valence electrons. The molecule has 0 aliphatic carbocycles. The second kappa shape index (κ2) is 12.6. The number of nitrogens with zero attached hydrogens (tertiary/aromatic N) is 3. The lowest BCUT2D eigenvalue weighted by molar-refractivity contribution is -0.139. The summed E-state index contributed by atoms with van der Waals surface area (Å²) in [6.45, 7) is 3.28. The Kier molecular flexibility index (Phi) is 8.47. The highest BCUT2D eigenvalue weighted by atomic mass is 16.5. The summed E-state index contributed by atoms with van der Waals surface area (Å²) in [4.78, 5) is 44.1. The monoisotopic (exact) mass is 565 g/mol. The smallest absolute Gasteiger partial charge is 0.337 e. The number of amides is 1. The Morgan fingerprint density at radius 1 is 0.976 bits per heavy atom. The standard InChI is InChI=1S/C33H31N3O6/c1-22-5-3-6-23(19-22)20-42-27-13-11-25(12-14-27)30(37)28-29(24-7-9-26(10-8-24)33(40)41-2)36(32(39)31(28)38)17-4-16-35-18-15-34-21-35/h3,5-15,18-19,21,29,37H,4,16-17,20H2,1-2H3. The second-order valence-electron chi connectivity index (χ2n) is 10.1. The van der Waals surface area contributed by atoms with Crippen LogP contribution in [-0.4, -0.2) is 50.9 Å².